The summed E-state index contributed by atoms with van der Waals surface area (Å²) in [5.41, 5.74) is 3.91. The van der Waals surface area contributed by atoms with Crippen LogP contribution in [0.5, 0.6) is 0 Å². The van der Waals surface area contributed by atoms with Gasteiger partial charge in [0.15, 0.2) is 0 Å². The Labute approximate surface area is 155 Å². The van der Waals surface area contributed by atoms with Crippen molar-refractivity contribution in [3.63, 3.8) is 0 Å². The SMILES string of the molecule is CC(C)C[N+](c1ccccc1)(c1ccccc1)c1ccccc1.[Br-]. The zero-order valence-electron chi connectivity index (χ0n) is 14.3. The summed E-state index contributed by atoms with van der Waals surface area (Å²) < 4.78 is 0.750. The predicted molar refractivity (Wildman–Crippen MR) is 100 cm³/mol. The molecule has 0 unspecified atom stereocenters. The number of quaternary nitrogens is 1. The molecule has 0 atom stereocenters. The Hall–Kier alpha value is -1.90. The van der Waals surface area contributed by atoms with Crippen molar-refractivity contribution in [1.29, 1.82) is 0 Å². The lowest BCUT2D eigenvalue weighted by Crippen LogP contribution is -3.00. The second-order valence-corrected chi connectivity index (χ2v) is 6.39. The van der Waals surface area contributed by atoms with Gasteiger partial charge in [0.2, 0.25) is 0 Å². The first kappa shape index (κ1) is 18.4. The molecule has 3 rings (SSSR count). The fourth-order valence-corrected chi connectivity index (χ4v) is 3.36. The average Bonchev–Trinajstić information content (AvgIpc) is 2.62. The molecule has 3 aromatic carbocycles. The molecule has 0 saturated heterocycles. The molecule has 0 spiro atoms. The van der Waals surface area contributed by atoms with Crippen LogP contribution in [0, 0.1) is 5.92 Å². The number of halogens is 1. The molecular formula is C22H24BrN. The number of hydrogen-bond donors (Lipinski definition) is 0. The van der Waals surface area contributed by atoms with Gasteiger partial charge in [0.1, 0.15) is 17.1 Å². The second kappa shape index (κ2) is 8.27. The van der Waals surface area contributed by atoms with Gasteiger partial charge >= 0.3 is 0 Å². The Morgan fingerprint density at radius 2 is 0.875 bits per heavy atom. The third kappa shape index (κ3) is 3.61. The first-order valence-electron chi connectivity index (χ1n) is 8.28. The zero-order chi connectivity index (χ0) is 16.1. The third-order valence-corrected chi connectivity index (χ3v) is 4.23. The van der Waals surface area contributed by atoms with E-state index in [4.69, 9.17) is 0 Å². The molecule has 2 heteroatoms. The van der Waals surface area contributed by atoms with Gasteiger partial charge in [0, 0.05) is 5.92 Å². The van der Waals surface area contributed by atoms with Crippen LogP contribution in [0.4, 0.5) is 17.1 Å². The van der Waals surface area contributed by atoms with Crippen LogP contribution < -0.4 is 21.5 Å². The van der Waals surface area contributed by atoms with E-state index in [9.17, 15) is 0 Å². The van der Waals surface area contributed by atoms with Crippen molar-refractivity contribution in [2.24, 2.45) is 5.92 Å². The maximum absolute atomic E-state index is 2.29. The van der Waals surface area contributed by atoms with Gasteiger partial charge in [-0.2, -0.15) is 0 Å². The summed E-state index contributed by atoms with van der Waals surface area (Å²) >= 11 is 0. The highest BCUT2D eigenvalue weighted by Crippen LogP contribution is 2.44. The standard InChI is InChI=1S/C22H24N.BrH/c1-19(2)18-23(20-12-6-3-7-13-20,21-14-8-4-9-15-21)22-16-10-5-11-17-22;/h3-17,19H,18H2,1-2H3;1H/q+1;/p-1. The summed E-state index contributed by atoms with van der Waals surface area (Å²) in [6, 6.07) is 32.5. The lowest BCUT2D eigenvalue weighted by molar-refractivity contribution is -0.00000472. The maximum atomic E-state index is 2.29. The molecule has 1 nitrogen and oxygen atoms in total. The van der Waals surface area contributed by atoms with Crippen molar-refractivity contribution in [1.82, 2.24) is 4.48 Å². The molecule has 0 N–H and O–H groups in total. The molecule has 0 amide bonds. The van der Waals surface area contributed by atoms with Gasteiger partial charge in [-0.3, -0.25) is 0 Å². The van der Waals surface area contributed by atoms with Gasteiger partial charge in [0.05, 0.1) is 6.54 Å². The van der Waals surface area contributed by atoms with Crippen LogP contribution in [-0.4, -0.2) is 6.54 Å². The molecule has 24 heavy (non-hydrogen) atoms. The third-order valence-electron chi connectivity index (χ3n) is 4.23. The zero-order valence-corrected chi connectivity index (χ0v) is 15.9. The molecular weight excluding hydrogens is 358 g/mol. The number of rotatable bonds is 5. The Morgan fingerprint density at radius 3 is 1.12 bits per heavy atom. The fraction of sp³-hybridized carbons (Fsp3) is 0.182. The van der Waals surface area contributed by atoms with Crippen LogP contribution in [-0.2, 0) is 0 Å². The number of para-hydroxylation sites is 3. The first-order valence-corrected chi connectivity index (χ1v) is 8.28. The highest BCUT2D eigenvalue weighted by Gasteiger charge is 2.36. The second-order valence-electron chi connectivity index (χ2n) is 6.39. The summed E-state index contributed by atoms with van der Waals surface area (Å²) in [6.07, 6.45) is 0. The van der Waals surface area contributed by atoms with Crippen molar-refractivity contribution in [3.8, 4) is 0 Å². The van der Waals surface area contributed by atoms with E-state index in [2.05, 4.69) is 105 Å². The van der Waals surface area contributed by atoms with E-state index in [1.807, 2.05) is 0 Å². The van der Waals surface area contributed by atoms with Crippen LogP contribution in [0.1, 0.15) is 13.8 Å². The van der Waals surface area contributed by atoms with E-state index in [1.165, 1.54) is 17.1 Å². The molecule has 0 radical (unpaired) electrons. The molecule has 0 aliphatic heterocycles. The molecule has 0 aliphatic carbocycles. The molecule has 0 aromatic heterocycles. The predicted octanol–water partition coefficient (Wildman–Crippen LogP) is 3.32. The van der Waals surface area contributed by atoms with Crippen molar-refractivity contribution in [2.75, 3.05) is 6.54 Å². The minimum absolute atomic E-state index is 0. The molecule has 0 bridgehead atoms. The Bertz CT molecular complexity index is 627. The van der Waals surface area contributed by atoms with Gasteiger partial charge in [-0.05, 0) is 36.4 Å². The van der Waals surface area contributed by atoms with Crippen LogP contribution in [0.25, 0.3) is 0 Å². The monoisotopic (exact) mass is 381 g/mol. The minimum Gasteiger partial charge on any atom is -1.00 e. The van der Waals surface area contributed by atoms with E-state index in [0.717, 1.165) is 11.0 Å². The van der Waals surface area contributed by atoms with Crippen molar-refractivity contribution >= 4 is 17.1 Å². The van der Waals surface area contributed by atoms with Crippen molar-refractivity contribution in [3.05, 3.63) is 91.0 Å². The smallest absolute Gasteiger partial charge is 0.143 e. The van der Waals surface area contributed by atoms with Gasteiger partial charge in [-0.25, -0.2) is 4.48 Å². The van der Waals surface area contributed by atoms with E-state index < -0.39 is 0 Å². The van der Waals surface area contributed by atoms with Crippen molar-refractivity contribution < 1.29 is 17.0 Å². The van der Waals surface area contributed by atoms with Crippen LogP contribution in [0.3, 0.4) is 0 Å². The highest BCUT2D eigenvalue weighted by atomic mass is 79.9. The lowest BCUT2D eigenvalue weighted by Gasteiger charge is -2.38. The normalized spacial score (nSPS) is 11.1. The number of nitrogens with zero attached hydrogens (tertiary/aromatic N) is 1. The van der Waals surface area contributed by atoms with Gasteiger partial charge < -0.3 is 17.0 Å². The molecule has 124 valence electrons. The summed E-state index contributed by atoms with van der Waals surface area (Å²) in [4.78, 5) is 0. The van der Waals surface area contributed by atoms with Crippen LogP contribution >= 0.6 is 0 Å². The number of hydrogen-bond acceptors (Lipinski definition) is 0. The Balaban J connectivity index is 0.00000208. The maximum Gasteiger partial charge on any atom is 0.143 e. The van der Waals surface area contributed by atoms with E-state index in [0.29, 0.717) is 5.92 Å². The van der Waals surface area contributed by atoms with Crippen molar-refractivity contribution in [2.45, 2.75) is 13.8 Å². The topological polar surface area (TPSA) is 0 Å². The Kier molecular flexibility index (Phi) is 6.36. The first-order chi connectivity index (χ1) is 11.2. The molecule has 3 aromatic rings. The summed E-state index contributed by atoms with van der Waals surface area (Å²) in [5, 5.41) is 0. The van der Waals surface area contributed by atoms with Gasteiger partial charge in [0.25, 0.3) is 0 Å². The fourth-order valence-electron chi connectivity index (χ4n) is 3.36. The highest BCUT2D eigenvalue weighted by molar-refractivity contribution is 5.70. The molecule has 0 fully saturated rings. The molecule has 0 aliphatic rings. The summed E-state index contributed by atoms with van der Waals surface area (Å²) in [6.45, 7) is 5.61. The quantitative estimate of drug-likeness (QED) is 0.594. The van der Waals surface area contributed by atoms with Crippen LogP contribution in [0.2, 0.25) is 0 Å². The summed E-state index contributed by atoms with van der Waals surface area (Å²) in [5.74, 6) is 0.565. The van der Waals surface area contributed by atoms with E-state index in [1.54, 1.807) is 0 Å². The lowest BCUT2D eigenvalue weighted by atomic mass is 10.0. The molecule has 0 saturated carbocycles. The molecule has 0 heterocycles. The van der Waals surface area contributed by atoms with Gasteiger partial charge in [-0.15, -0.1) is 0 Å². The largest absolute Gasteiger partial charge is 1.00 e. The van der Waals surface area contributed by atoms with E-state index >= 15 is 0 Å². The van der Waals surface area contributed by atoms with Crippen LogP contribution in [0.15, 0.2) is 91.0 Å². The Morgan fingerprint density at radius 1 is 0.583 bits per heavy atom. The average molecular weight is 382 g/mol. The van der Waals surface area contributed by atoms with Gasteiger partial charge in [-0.1, -0.05) is 68.4 Å². The van der Waals surface area contributed by atoms with E-state index in [-0.39, 0.29) is 17.0 Å². The summed E-state index contributed by atoms with van der Waals surface area (Å²) in [7, 11) is 0. The minimum atomic E-state index is 0. The number of benzene rings is 3.